The molecule has 0 aliphatic rings. The number of rotatable bonds is 3. The average Bonchev–Trinajstić information content (AvgIpc) is 2.48. The van der Waals surface area contributed by atoms with E-state index in [1.165, 1.54) is 6.07 Å². The Kier molecular flexibility index (Phi) is 3.53. The second kappa shape index (κ2) is 5.49. The van der Waals surface area contributed by atoms with E-state index >= 15 is 0 Å². The largest absolute Gasteiger partial charge is 0.294 e. The third-order valence-electron chi connectivity index (χ3n) is 3.62. The molecule has 1 nitrogen and oxygen atoms in total. The van der Waals surface area contributed by atoms with Crippen LogP contribution in [0.1, 0.15) is 21.5 Å². The molecule has 0 radical (unpaired) electrons. The van der Waals surface area contributed by atoms with E-state index < -0.39 is 0 Å². The Bertz CT molecular complexity index is 821. The molecule has 0 saturated carbocycles. The van der Waals surface area contributed by atoms with Crippen molar-refractivity contribution in [3.05, 3.63) is 83.2 Å². The molecule has 0 N–H and O–H groups in total. The number of carbonyl (C=O) groups excluding carboxylic acids is 1. The molecule has 104 valence electrons. The summed E-state index contributed by atoms with van der Waals surface area (Å²) in [5.41, 5.74) is 2.69. The Morgan fingerprint density at radius 2 is 1.71 bits per heavy atom. The minimum atomic E-state index is -0.294. The van der Waals surface area contributed by atoms with Crippen molar-refractivity contribution in [2.75, 3.05) is 0 Å². The molecule has 0 fully saturated rings. The molecule has 3 aromatic carbocycles. The van der Waals surface area contributed by atoms with Crippen molar-refractivity contribution in [1.82, 2.24) is 0 Å². The monoisotopic (exact) mass is 278 g/mol. The summed E-state index contributed by atoms with van der Waals surface area (Å²) in [6.45, 7) is 2.00. The van der Waals surface area contributed by atoms with Crippen LogP contribution >= 0.6 is 0 Å². The van der Waals surface area contributed by atoms with Gasteiger partial charge in [-0.1, -0.05) is 54.1 Å². The molecular weight excluding hydrogens is 263 g/mol. The lowest BCUT2D eigenvalue weighted by molar-refractivity contribution is 0.0994. The van der Waals surface area contributed by atoms with Crippen LogP contribution in [0.4, 0.5) is 4.39 Å². The third kappa shape index (κ3) is 2.70. The van der Waals surface area contributed by atoms with E-state index in [9.17, 15) is 9.18 Å². The van der Waals surface area contributed by atoms with Gasteiger partial charge < -0.3 is 0 Å². The van der Waals surface area contributed by atoms with Crippen molar-refractivity contribution < 1.29 is 9.18 Å². The maximum atomic E-state index is 13.8. The molecular formula is C19H15FO. The van der Waals surface area contributed by atoms with Gasteiger partial charge in [0.2, 0.25) is 0 Å². The SMILES string of the molecule is Cc1cccc(CC(=O)c2ccc(F)c3ccccc23)c1. The molecule has 3 rings (SSSR count). The van der Waals surface area contributed by atoms with E-state index in [1.807, 2.05) is 37.3 Å². The molecule has 0 aliphatic carbocycles. The summed E-state index contributed by atoms with van der Waals surface area (Å²) in [6, 6.07) is 17.9. The molecule has 0 aromatic heterocycles. The molecule has 3 aromatic rings. The Balaban J connectivity index is 2.01. The number of benzene rings is 3. The van der Waals surface area contributed by atoms with Gasteiger partial charge in [-0.2, -0.15) is 0 Å². The van der Waals surface area contributed by atoms with Crippen LogP contribution in [0.3, 0.4) is 0 Å². The second-order valence-electron chi connectivity index (χ2n) is 5.23. The second-order valence-corrected chi connectivity index (χ2v) is 5.23. The zero-order valence-corrected chi connectivity index (χ0v) is 11.8. The minimum absolute atomic E-state index is 0.0109. The molecule has 0 unspecified atom stereocenters. The number of fused-ring (bicyclic) bond motifs is 1. The number of aryl methyl sites for hydroxylation is 1. The lowest BCUT2D eigenvalue weighted by Crippen LogP contribution is -2.05. The summed E-state index contributed by atoms with van der Waals surface area (Å²) in [7, 11) is 0. The Hall–Kier alpha value is -2.48. The molecule has 0 amide bonds. The number of ketones is 1. The number of hydrogen-bond acceptors (Lipinski definition) is 1. The minimum Gasteiger partial charge on any atom is -0.294 e. The van der Waals surface area contributed by atoms with E-state index in [0.29, 0.717) is 22.8 Å². The molecule has 21 heavy (non-hydrogen) atoms. The van der Waals surface area contributed by atoms with Gasteiger partial charge in [0.1, 0.15) is 5.82 Å². The van der Waals surface area contributed by atoms with Gasteiger partial charge in [0, 0.05) is 17.4 Å². The van der Waals surface area contributed by atoms with Gasteiger partial charge in [-0.05, 0) is 30.0 Å². The summed E-state index contributed by atoms with van der Waals surface area (Å²) in [4.78, 5) is 12.5. The fraction of sp³-hybridized carbons (Fsp3) is 0.105. The highest BCUT2D eigenvalue weighted by Gasteiger charge is 2.12. The lowest BCUT2D eigenvalue weighted by atomic mass is 9.96. The third-order valence-corrected chi connectivity index (χ3v) is 3.62. The molecule has 2 heteroatoms. The first-order valence-corrected chi connectivity index (χ1v) is 6.91. The first kappa shape index (κ1) is 13.5. The van der Waals surface area contributed by atoms with Crippen molar-refractivity contribution >= 4 is 16.6 Å². The number of Topliss-reactive ketones (excluding diaryl/α,β-unsaturated/α-hetero) is 1. The number of halogens is 1. The summed E-state index contributed by atoms with van der Waals surface area (Å²) >= 11 is 0. The molecule has 0 saturated heterocycles. The number of hydrogen-bond donors (Lipinski definition) is 0. The van der Waals surface area contributed by atoms with Crippen LogP contribution < -0.4 is 0 Å². The fourth-order valence-corrected chi connectivity index (χ4v) is 2.61. The molecule has 0 heterocycles. The van der Waals surface area contributed by atoms with Crippen LogP contribution in [-0.4, -0.2) is 5.78 Å². The first-order valence-electron chi connectivity index (χ1n) is 6.91. The Morgan fingerprint density at radius 1 is 0.952 bits per heavy atom. The highest BCUT2D eigenvalue weighted by atomic mass is 19.1. The van der Waals surface area contributed by atoms with Gasteiger partial charge in [-0.25, -0.2) is 4.39 Å². The summed E-state index contributed by atoms with van der Waals surface area (Å²) in [5, 5.41) is 1.17. The van der Waals surface area contributed by atoms with E-state index in [4.69, 9.17) is 0 Å². The average molecular weight is 278 g/mol. The highest BCUT2D eigenvalue weighted by Crippen LogP contribution is 2.23. The van der Waals surface area contributed by atoms with Gasteiger partial charge in [0.15, 0.2) is 5.78 Å². The number of carbonyl (C=O) groups is 1. The van der Waals surface area contributed by atoms with E-state index in [1.54, 1.807) is 24.3 Å². The predicted molar refractivity (Wildman–Crippen MR) is 83.1 cm³/mol. The topological polar surface area (TPSA) is 17.1 Å². The molecule has 0 spiro atoms. The van der Waals surface area contributed by atoms with E-state index in [0.717, 1.165) is 11.1 Å². The molecule has 0 atom stereocenters. The maximum absolute atomic E-state index is 13.8. The van der Waals surface area contributed by atoms with Gasteiger partial charge in [0.05, 0.1) is 0 Å². The smallest absolute Gasteiger partial charge is 0.167 e. The molecule has 0 aliphatic heterocycles. The van der Waals surface area contributed by atoms with Gasteiger partial charge in [0.25, 0.3) is 0 Å². The quantitative estimate of drug-likeness (QED) is 0.634. The van der Waals surface area contributed by atoms with E-state index in [-0.39, 0.29) is 11.6 Å². The van der Waals surface area contributed by atoms with Crippen LogP contribution in [0, 0.1) is 12.7 Å². The lowest BCUT2D eigenvalue weighted by Gasteiger charge is -2.07. The van der Waals surface area contributed by atoms with Gasteiger partial charge >= 0.3 is 0 Å². The summed E-state index contributed by atoms with van der Waals surface area (Å²) in [6.07, 6.45) is 0.331. The maximum Gasteiger partial charge on any atom is 0.167 e. The summed E-state index contributed by atoms with van der Waals surface area (Å²) in [5.74, 6) is -0.283. The van der Waals surface area contributed by atoms with Crippen molar-refractivity contribution in [1.29, 1.82) is 0 Å². The van der Waals surface area contributed by atoms with Crippen molar-refractivity contribution in [2.45, 2.75) is 13.3 Å². The van der Waals surface area contributed by atoms with E-state index in [2.05, 4.69) is 0 Å². The summed E-state index contributed by atoms with van der Waals surface area (Å²) < 4.78 is 13.8. The standard InChI is InChI=1S/C19H15FO/c1-13-5-4-6-14(11-13)12-19(21)17-9-10-18(20)16-8-3-2-7-15(16)17/h2-11H,12H2,1H3. The van der Waals surface area contributed by atoms with Crippen LogP contribution in [0.2, 0.25) is 0 Å². The fourth-order valence-electron chi connectivity index (χ4n) is 2.61. The van der Waals surface area contributed by atoms with Crippen molar-refractivity contribution in [3.63, 3.8) is 0 Å². The van der Waals surface area contributed by atoms with Gasteiger partial charge in [-0.15, -0.1) is 0 Å². The normalized spacial score (nSPS) is 10.8. The Morgan fingerprint density at radius 3 is 2.48 bits per heavy atom. The highest BCUT2D eigenvalue weighted by molar-refractivity contribution is 6.09. The van der Waals surface area contributed by atoms with Crippen LogP contribution in [0.5, 0.6) is 0 Å². The zero-order valence-electron chi connectivity index (χ0n) is 11.8. The van der Waals surface area contributed by atoms with Crippen LogP contribution in [-0.2, 0) is 6.42 Å². The van der Waals surface area contributed by atoms with Crippen molar-refractivity contribution in [3.8, 4) is 0 Å². The van der Waals surface area contributed by atoms with Crippen molar-refractivity contribution in [2.24, 2.45) is 0 Å². The zero-order chi connectivity index (χ0) is 14.8. The Labute approximate surface area is 123 Å². The molecule has 0 bridgehead atoms. The first-order chi connectivity index (χ1) is 10.1. The van der Waals surface area contributed by atoms with Gasteiger partial charge in [-0.3, -0.25) is 4.79 Å². The predicted octanol–water partition coefficient (Wildman–Crippen LogP) is 4.71. The van der Waals surface area contributed by atoms with Crippen LogP contribution in [0.25, 0.3) is 10.8 Å². The van der Waals surface area contributed by atoms with Crippen LogP contribution in [0.15, 0.2) is 60.7 Å².